The van der Waals surface area contributed by atoms with Crippen LogP contribution in [0.25, 0.3) is 0 Å². The molecule has 120 valence electrons. The van der Waals surface area contributed by atoms with Crippen LogP contribution in [-0.2, 0) is 14.3 Å². The minimum Gasteiger partial charge on any atom is -0.455 e. The molecule has 0 radical (unpaired) electrons. The zero-order valence-electron chi connectivity index (χ0n) is 13.1. The predicted octanol–water partition coefficient (Wildman–Crippen LogP) is 1.98. The molecule has 1 rings (SSSR count). The number of carbonyl (C=O) groups excluding carboxylic acids is 3. The van der Waals surface area contributed by atoms with Crippen LogP contribution in [0, 0.1) is 11.8 Å². The highest BCUT2D eigenvalue weighted by atomic mass is 16.5. The fourth-order valence-corrected chi connectivity index (χ4v) is 2.34. The largest absolute Gasteiger partial charge is 0.455 e. The van der Waals surface area contributed by atoms with Gasteiger partial charge in [0.15, 0.2) is 6.61 Å². The van der Waals surface area contributed by atoms with Gasteiger partial charge in [-0.3, -0.25) is 14.9 Å². The normalized spacial score (nSPS) is 23.0. The zero-order chi connectivity index (χ0) is 15.8. The number of ether oxygens (including phenoxy) is 1. The van der Waals surface area contributed by atoms with E-state index >= 15 is 0 Å². The van der Waals surface area contributed by atoms with E-state index in [2.05, 4.69) is 17.6 Å². The van der Waals surface area contributed by atoms with Crippen molar-refractivity contribution >= 4 is 17.9 Å². The Morgan fingerprint density at radius 1 is 1.24 bits per heavy atom. The summed E-state index contributed by atoms with van der Waals surface area (Å²) in [4.78, 5) is 34.7. The van der Waals surface area contributed by atoms with E-state index in [9.17, 15) is 14.4 Å². The Balaban J connectivity index is 2.27. The van der Waals surface area contributed by atoms with Gasteiger partial charge in [0.25, 0.3) is 5.91 Å². The topological polar surface area (TPSA) is 84.5 Å². The first kappa shape index (κ1) is 17.5. The highest BCUT2D eigenvalue weighted by Gasteiger charge is 2.23. The van der Waals surface area contributed by atoms with Gasteiger partial charge in [-0.2, -0.15) is 0 Å². The number of nitrogens with one attached hydrogen (secondary N) is 2. The van der Waals surface area contributed by atoms with Crippen molar-refractivity contribution in [1.29, 1.82) is 0 Å². The van der Waals surface area contributed by atoms with Crippen LogP contribution in [0.1, 0.15) is 52.9 Å². The summed E-state index contributed by atoms with van der Waals surface area (Å²) in [6, 6.07) is -0.410. The first-order valence-electron chi connectivity index (χ1n) is 7.71. The molecule has 1 fully saturated rings. The molecule has 0 bridgehead atoms. The lowest BCUT2D eigenvalue weighted by Crippen LogP contribution is -2.48. The highest BCUT2D eigenvalue weighted by Crippen LogP contribution is 2.23. The van der Waals surface area contributed by atoms with Crippen molar-refractivity contribution < 1.29 is 19.1 Å². The molecule has 0 aromatic carbocycles. The van der Waals surface area contributed by atoms with E-state index in [1.165, 1.54) is 6.42 Å². The van der Waals surface area contributed by atoms with Gasteiger partial charge in [0.2, 0.25) is 0 Å². The molecule has 6 nitrogen and oxygen atoms in total. The van der Waals surface area contributed by atoms with Crippen molar-refractivity contribution in [2.24, 2.45) is 11.8 Å². The van der Waals surface area contributed by atoms with Gasteiger partial charge in [0.1, 0.15) is 0 Å². The molecular formula is C15H26N2O4. The third kappa shape index (κ3) is 6.14. The maximum atomic E-state index is 11.7. The van der Waals surface area contributed by atoms with Crippen LogP contribution in [0.4, 0.5) is 4.79 Å². The Kier molecular flexibility index (Phi) is 7.19. The summed E-state index contributed by atoms with van der Waals surface area (Å²) in [5, 5.41) is 5.00. The highest BCUT2D eigenvalue weighted by molar-refractivity contribution is 5.95. The number of carbonyl (C=O) groups is 3. The van der Waals surface area contributed by atoms with Gasteiger partial charge in [-0.25, -0.2) is 4.79 Å². The number of urea groups is 1. The fourth-order valence-electron chi connectivity index (χ4n) is 2.34. The van der Waals surface area contributed by atoms with Crippen LogP contribution in [-0.4, -0.2) is 30.6 Å². The number of rotatable bonds is 5. The molecule has 0 aromatic heterocycles. The maximum absolute atomic E-state index is 11.7. The third-order valence-electron chi connectivity index (χ3n) is 4.04. The molecule has 1 aliphatic carbocycles. The second-order valence-corrected chi connectivity index (χ2v) is 5.81. The Morgan fingerprint density at radius 2 is 1.90 bits per heavy atom. The van der Waals surface area contributed by atoms with Gasteiger partial charge in [-0.15, -0.1) is 0 Å². The van der Waals surface area contributed by atoms with Gasteiger partial charge in [-0.05, 0) is 25.2 Å². The third-order valence-corrected chi connectivity index (χ3v) is 4.04. The Bertz CT molecular complexity index is 384. The summed E-state index contributed by atoms with van der Waals surface area (Å²) in [6.07, 6.45) is 4.96. The minimum absolute atomic E-state index is 0.106. The molecule has 0 aliphatic heterocycles. The van der Waals surface area contributed by atoms with Crippen LogP contribution < -0.4 is 10.6 Å². The molecule has 0 aromatic rings. The van der Waals surface area contributed by atoms with E-state index < -0.39 is 24.5 Å². The second-order valence-electron chi connectivity index (χ2n) is 5.81. The molecule has 6 heteroatoms. The molecule has 3 unspecified atom stereocenters. The van der Waals surface area contributed by atoms with Crippen LogP contribution in [0.15, 0.2) is 0 Å². The van der Waals surface area contributed by atoms with Crippen LogP contribution in [0.3, 0.4) is 0 Å². The second kappa shape index (κ2) is 8.64. The summed E-state index contributed by atoms with van der Waals surface area (Å²) in [5.74, 6) is -0.848. The van der Waals surface area contributed by atoms with Gasteiger partial charge in [0, 0.05) is 6.04 Å². The Morgan fingerprint density at radius 3 is 2.52 bits per heavy atom. The van der Waals surface area contributed by atoms with Gasteiger partial charge in [0.05, 0.1) is 5.92 Å². The number of hydrogen-bond acceptors (Lipinski definition) is 4. The minimum atomic E-state index is -0.604. The lowest BCUT2D eigenvalue weighted by Gasteiger charge is -2.29. The smallest absolute Gasteiger partial charge is 0.321 e. The SMILES string of the molecule is CCC(C)C(=O)OCC(=O)NC(=O)NC1CCCCC1C. The first-order chi connectivity index (χ1) is 9.93. The summed E-state index contributed by atoms with van der Waals surface area (Å²) < 4.78 is 4.84. The summed E-state index contributed by atoms with van der Waals surface area (Å²) in [7, 11) is 0. The molecule has 1 saturated carbocycles. The molecular weight excluding hydrogens is 272 g/mol. The van der Waals surface area contributed by atoms with Gasteiger partial charge >= 0.3 is 12.0 Å². The molecule has 3 atom stereocenters. The summed E-state index contributed by atoms with van der Waals surface area (Å²) in [6.45, 7) is 5.28. The monoisotopic (exact) mass is 298 g/mol. The maximum Gasteiger partial charge on any atom is 0.321 e. The standard InChI is InChI=1S/C15H26N2O4/c1-4-10(2)14(19)21-9-13(18)17-15(20)16-12-8-6-5-7-11(12)3/h10-12H,4-9H2,1-3H3,(H2,16,17,18,20). The molecule has 0 heterocycles. The van der Waals surface area contributed by atoms with Crippen LogP contribution in [0.2, 0.25) is 0 Å². The lowest BCUT2D eigenvalue weighted by molar-refractivity contribution is -0.151. The lowest BCUT2D eigenvalue weighted by atomic mass is 9.86. The summed E-state index contributed by atoms with van der Waals surface area (Å²) >= 11 is 0. The fraction of sp³-hybridized carbons (Fsp3) is 0.800. The molecule has 0 saturated heterocycles. The number of amides is 3. The van der Waals surface area contributed by atoms with E-state index in [4.69, 9.17) is 4.74 Å². The first-order valence-corrected chi connectivity index (χ1v) is 7.71. The molecule has 1 aliphatic rings. The number of esters is 1. The number of hydrogen-bond donors (Lipinski definition) is 2. The predicted molar refractivity (Wildman–Crippen MR) is 78.5 cm³/mol. The molecule has 2 N–H and O–H groups in total. The van der Waals surface area contributed by atoms with Crippen molar-refractivity contribution in [3.63, 3.8) is 0 Å². The Labute approximate surface area is 126 Å². The van der Waals surface area contributed by atoms with E-state index in [0.717, 1.165) is 19.3 Å². The van der Waals surface area contributed by atoms with Crippen molar-refractivity contribution in [2.45, 2.75) is 58.9 Å². The van der Waals surface area contributed by atoms with E-state index in [-0.39, 0.29) is 12.0 Å². The van der Waals surface area contributed by atoms with E-state index in [1.54, 1.807) is 6.92 Å². The van der Waals surface area contributed by atoms with E-state index in [0.29, 0.717) is 12.3 Å². The quantitative estimate of drug-likeness (QED) is 0.760. The van der Waals surface area contributed by atoms with Crippen LogP contribution >= 0.6 is 0 Å². The van der Waals surface area contributed by atoms with Crippen molar-refractivity contribution in [3.8, 4) is 0 Å². The zero-order valence-corrected chi connectivity index (χ0v) is 13.1. The number of imide groups is 1. The molecule has 3 amide bonds. The molecule has 21 heavy (non-hydrogen) atoms. The van der Waals surface area contributed by atoms with Gasteiger partial charge < -0.3 is 10.1 Å². The average Bonchev–Trinajstić information content (AvgIpc) is 2.46. The van der Waals surface area contributed by atoms with Crippen molar-refractivity contribution in [2.75, 3.05) is 6.61 Å². The van der Waals surface area contributed by atoms with Crippen LogP contribution in [0.5, 0.6) is 0 Å². The average molecular weight is 298 g/mol. The Hall–Kier alpha value is -1.59. The van der Waals surface area contributed by atoms with Crippen molar-refractivity contribution in [3.05, 3.63) is 0 Å². The van der Waals surface area contributed by atoms with Crippen molar-refractivity contribution in [1.82, 2.24) is 10.6 Å². The summed E-state index contributed by atoms with van der Waals surface area (Å²) in [5.41, 5.74) is 0. The molecule has 0 spiro atoms. The van der Waals surface area contributed by atoms with E-state index in [1.807, 2.05) is 6.92 Å². The van der Waals surface area contributed by atoms with Gasteiger partial charge in [-0.1, -0.05) is 33.6 Å².